The first-order valence-electron chi connectivity index (χ1n) is 8.00. The van der Waals surface area contributed by atoms with E-state index in [2.05, 4.69) is 20.6 Å². The zero-order valence-electron chi connectivity index (χ0n) is 14.4. The van der Waals surface area contributed by atoms with E-state index < -0.39 is 5.91 Å². The molecule has 2 aromatic carbocycles. The van der Waals surface area contributed by atoms with Gasteiger partial charge in [-0.3, -0.25) is 4.79 Å². The van der Waals surface area contributed by atoms with Crippen molar-refractivity contribution in [3.05, 3.63) is 77.0 Å². The van der Waals surface area contributed by atoms with E-state index in [0.29, 0.717) is 28.8 Å². The van der Waals surface area contributed by atoms with Gasteiger partial charge in [-0.25, -0.2) is 14.4 Å². The van der Waals surface area contributed by atoms with E-state index in [9.17, 15) is 9.18 Å². The Balaban J connectivity index is 1.63. The molecule has 0 radical (unpaired) electrons. The van der Waals surface area contributed by atoms with Gasteiger partial charge in [-0.1, -0.05) is 23.7 Å². The first-order valence-corrected chi connectivity index (χ1v) is 8.38. The van der Waals surface area contributed by atoms with Crippen molar-refractivity contribution in [2.75, 3.05) is 17.7 Å². The fourth-order valence-electron chi connectivity index (χ4n) is 2.30. The summed E-state index contributed by atoms with van der Waals surface area (Å²) in [6.07, 6.45) is 2.81. The molecule has 1 amide bonds. The third-order valence-electron chi connectivity index (χ3n) is 3.68. The van der Waals surface area contributed by atoms with Gasteiger partial charge in [0.15, 0.2) is 0 Å². The van der Waals surface area contributed by atoms with Crippen LogP contribution < -0.4 is 15.4 Å². The number of nitrogens with one attached hydrogen (secondary N) is 2. The minimum absolute atomic E-state index is 0.143. The summed E-state index contributed by atoms with van der Waals surface area (Å²) < 4.78 is 18.1. The monoisotopic (exact) mass is 386 g/mol. The normalized spacial score (nSPS) is 10.3. The van der Waals surface area contributed by atoms with Gasteiger partial charge in [-0.2, -0.15) is 0 Å². The van der Waals surface area contributed by atoms with Crippen LogP contribution >= 0.6 is 11.6 Å². The second-order valence-electron chi connectivity index (χ2n) is 5.57. The predicted molar refractivity (Wildman–Crippen MR) is 102 cm³/mol. The molecule has 8 heteroatoms. The smallest absolute Gasteiger partial charge is 0.275 e. The number of methoxy groups -OCH3 is 1. The number of rotatable bonds is 6. The Hall–Kier alpha value is -3.19. The Bertz CT molecular complexity index is 933. The third kappa shape index (κ3) is 4.92. The van der Waals surface area contributed by atoms with Crippen molar-refractivity contribution in [2.24, 2.45) is 0 Å². The van der Waals surface area contributed by atoms with Crippen molar-refractivity contribution in [1.29, 1.82) is 0 Å². The lowest BCUT2D eigenvalue weighted by molar-refractivity contribution is 0.102. The molecule has 0 unspecified atom stereocenters. The number of anilines is 2. The van der Waals surface area contributed by atoms with Crippen LogP contribution in [0.4, 0.5) is 15.9 Å². The van der Waals surface area contributed by atoms with Gasteiger partial charge in [0, 0.05) is 11.6 Å². The van der Waals surface area contributed by atoms with Crippen LogP contribution in [0, 0.1) is 5.82 Å². The number of ether oxygens (including phenoxy) is 1. The van der Waals surface area contributed by atoms with Crippen LogP contribution in [0.3, 0.4) is 0 Å². The average Bonchev–Trinajstić information content (AvgIpc) is 2.68. The van der Waals surface area contributed by atoms with Crippen molar-refractivity contribution < 1.29 is 13.9 Å². The van der Waals surface area contributed by atoms with Crippen LogP contribution in [0.15, 0.2) is 54.9 Å². The number of halogens is 2. The Labute approximate surface area is 160 Å². The highest BCUT2D eigenvalue weighted by atomic mass is 35.5. The van der Waals surface area contributed by atoms with Crippen LogP contribution in [0.2, 0.25) is 5.02 Å². The second kappa shape index (κ2) is 8.46. The van der Waals surface area contributed by atoms with Gasteiger partial charge in [0.1, 0.15) is 23.1 Å². The predicted octanol–water partition coefficient (Wildman–Crippen LogP) is 4.14. The molecule has 0 aliphatic carbocycles. The molecule has 1 heterocycles. The summed E-state index contributed by atoms with van der Waals surface area (Å²) in [5, 5.41) is 6.22. The van der Waals surface area contributed by atoms with E-state index in [1.165, 1.54) is 31.6 Å². The first-order chi connectivity index (χ1) is 13.0. The summed E-state index contributed by atoms with van der Waals surface area (Å²) in [5.41, 5.74) is 1.48. The minimum Gasteiger partial charge on any atom is -0.495 e. The largest absolute Gasteiger partial charge is 0.495 e. The van der Waals surface area contributed by atoms with Crippen molar-refractivity contribution in [1.82, 2.24) is 9.97 Å². The van der Waals surface area contributed by atoms with Crippen molar-refractivity contribution in [3.8, 4) is 5.75 Å². The van der Waals surface area contributed by atoms with Crippen molar-refractivity contribution >= 4 is 29.0 Å². The molecule has 0 aliphatic heterocycles. The fourth-order valence-corrected chi connectivity index (χ4v) is 2.47. The van der Waals surface area contributed by atoms with E-state index >= 15 is 0 Å². The van der Waals surface area contributed by atoms with Crippen LogP contribution in [-0.2, 0) is 6.54 Å². The molecular formula is C19H16ClFN4O2. The summed E-state index contributed by atoms with van der Waals surface area (Å²) >= 11 is 5.95. The molecule has 1 aromatic heterocycles. The molecule has 0 fully saturated rings. The maximum Gasteiger partial charge on any atom is 0.275 e. The topological polar surface area (TPSA) is 76.1 Å². The molecular weight excluding hydrogens is 371 g/mol. The summed E-state index contributed by atoms with van der Waals surface area (Å²) in [5.74, 6) is 0.257. The summed E-state index contributed by atoms with van der Waals surface area (Å²) in [6.45, 7) is 0.459. The van der Waals surface area contributed by atoms with Crippen molar-refractivity contribution in [2.45, 2.75) is 6.54 Å². The van der Waals surface area contributed by atoms with Crippen LogP contribution in [0.5, 0.6) is 5.75 Å². The average molecular weight is 387 g/mol. The molecule has 6 nitrogen and oxygen atoms in total. The molecule has 0 atom stereocenters. The van der Waals surface area contributed by atoms with Gasteiger partial charge in [0.2, 0.25) is 0 Å². The quantitative estimate of drug-likeness (QED) is 0.665. The van der Waals surface area contributed by atoms with Crippen LogP contribution in [0.1, 0.15) is 16.1 Å². The summed E-state index contributed by atoms with van der Waals surface area (Å²) in [4.78, 5) is 20.6. The zero-order valence-corrected chi connectivity index (χ0v) is 15.1. The van der Waals surface area contributed by atoms with E-state index in [0.717, 1.165) is 5.56 Å². The molecule has 0 aliphatic rings. The maximum absolute atomic E-state index is 12.9. The molecule has 2 N–H and O–H groups in total. The number of nitrogens with zero attached hydrogens (tertiary/aromatic N) is 2. The summed E-state index contributed by atoms with van der Waals surface area (Å²) in [7, 11) is 1.50. The first kappa shape index (κ1) is 18.6. The van der Waals surface area contributed by atoms with Gasteiger partial charge in [0.05, 0.1) is 25.2 Å². The lowest BCUT2D eigenvalue weighted by atomic mass is 10.2. The van der Waals surface area contributed by atoms with Crippen molar-refractivity contribution in [3.63, 3.8) is 0 Å². The highest BCUT2D eigenvalue weighted by molar-refractivity contribution is 6.31. The molecule has 138 valence electrons. The Morgan fingerprint density at radius 1 is 1.15 bits per heavy atom. The number of carbonyl (C=O) groups is 1. The highest BCUT2D eigenvalue weighted by Crippen LogP contribution is 2.27. The van der Waals surface area contributed by atoms with Crippen LogP contribution in [-0.4, -0.2) is 23.0 Å². The van der Waals surface area contributed by atoms with E-state index in [4.69, 9.17) is 16.3 Å². The standard InChI is InChI=1S/C19H16ClFN4O2/c1-27-17-7-4-13(20)8-15(17)25-19(26)16-10-24-18(11-22-16)23-9-12-2-5-14(21)6-3-12/h2-8,10-11H,9H2,1H3,(H,23,24)(H,25,26). The SMILES string of the molecule is COc1ccc(Cl)cc1NC(=O)c1cnc(NCc2ccc(F)cc2)cn1. The Kier molecular flexibility index (Phi) is 5.83. The number of hydrogen-bond donors (Lipinski definition) is 2. The number of benzene rings is 2. The minimum atomic E-state index is -0.437. The molecule has 0 saturated heterocycles. The lowest BCUT2D eigenvalue weighted by Gasteiger charge is -2.10. The lowest BCUT2D eigenvalue weighted by Crippen LogP contribution is -2.15. The molecule has 0 spiro atoms. The van der Waals surface area contributed by atoms with Gasteiger partial charge in [-0.15, -0.1) is 0 Å². The van der Waals surface area contributed by atoms with E-state index in [1.54, 1.807) is 30.3 Å². The highest BCUT2D eigenvalue weighted by Gasteiger charge is 2.12. The number of hydrogen-bond acceptors (Lipinski definition) is 5. The zero-order chi connectivity index (χ0) is 19.2. The number of amides is 1. The number of aromatic nitrogens is 2. The second-order valence-corrected chi connectivity index (χ2v) is 6.00. The molecule has 3 rings (SSSR count). The molecule has 0 saturated carbocycles. The van der Waals surface area contributed by atoms with Crippen LogP contribution in [0.25, 0.3) is 0 Å². The fraction of sp³-hybridized carbons (Fsp3) is 0.105. The molecule has 27 heavy (non-hydrogen) atoms. The van der Waals surface area contributed by atoms with Gasteiger partial charge < -0.3 is 15.4 Å². The molecule has 3 aromatic rings. The number of carbonyl (C=O) groups excluding carboxylic acids is 1. The van der Waals surface area contributed by atoms with Gasteiger partial charge in [0.25, 0.3) is 5.91 Å². The van der Waals surface area contributed by atoms with Gasteiger partial charge in [-0.05, 0) is 35.9 Å². The van der Waals surface area contributed by atoms with E-state index in [1.807, 2.05) is 0 Å². The van der Waals surface area contributed by atoms with E-state index in [-0.39, 0.29) is 11.5 Å². The third-order valence-corrected chi connectivity index (χ3v) is 3.92. The van der Waals surface area contributed by atoms with Gasteiger partial charge >= 0.3 is 0 Å². The molecule has 0 bridgehead atoms. The Morgan fingerprint density at radius 3 is 2.59 bits per heavy atom. The maximum atomic E-state index is 12.9. The Morgan fingerprint density at radius 2 is 1.93 bits per heavy atom. The summed E-state index contributed by atoms with van der Waals surface area (Å²) in [6, 6.07) is 11.0.